The first-order valence-electron chi connectivity index (χ1n) is 27.1. The first kappa shape index (κ1) is 47.0. The number of hydrogen-bond acceptors (Lipinski definition) is 0. The normalized spacial score (nSPS) is 11.8. The van der Waals surface area contributed by atoms with Crippen LogP contribution in [0.15, 0.2) is 328 Å². The van der Waals surface area contributed by atoms with Gasteiger partial charge in [0.2, 0.25) is 0 Å². The van der Waals surface area contributed by atoms with Crippen LogP contribution >= 0.6 is 0 Å². The first-order chi connectivity index (χ1) is 38.7. The molecule has 366 valence electrons. The summed E-state index contributed by atoms with van der Waals surface area (Å²) in [7, 11) is -5.42. The van der Waals surface area contributed by atoms with Crippen molar-refractivity contribution in [2.45, 2.75) is 0 Å². The highest BCUT2D eigenvalue weighted by Gasteiger charge is 2.42. The summed E-state index contributed by atoms with van der Waals surface area (Å²) in [5, 5.41) is 20.9. The molecule has 14 aromatic rings. The Hall–Kier alpha value is -9.45. The van der Waals surface area contributed by atoms with Crippen LogP contribution in [-0.2, 0) is 0 Å². The fourth-order valence-corrected chi connectivity index (χ4v) is 22.6. The number of fused-ring (bicyclic) bond motifs is 4. The molecule has 0 saturated heterocycles. The van der Waals surface area contributed by atoms with Gasteiger partial charge in [-0.05, 0) is 136 Å². The summed E-state index contributed by atoms with van der Waals surface area (Å²) in [4.78, 5) is 0. The molecule has 0 aliphatic rings. The van der Waals surface area contributed by atoms with Gasteiger partial charge in [0.15, 0.2) is 16.1 Å². The molecular formula is C76H54Si2. The molecular weight excluding hydrogens is 969 g/mol. The number of benzene rings is 14. The molecule has 0 aliphatic carbocycles. The van der Waals surface area contributed by atoms with Gasteiger partial charge in [-0.15, -0.1) is 0 Å². The summed E-state index contributed by atoms with van der Waals surface area (Å²) in [6.07, 6.45) is 0. The highest BCUT2D eigenvalue weighted by Crippen LogP contribution is 2.46. The maximum atomic E-state index is 2.49. The first-order valence-corrected chi connectivity index (χ1v) is 31.1. The van der Waals surface area contributed by atoms with E-state index in [1.807, 2.05) is 0 Å². The summed E-state index contributed by atoms with van der Waals surface area (Å²) in [6, 6.07) is 123. The summed E-state index contributed by atoms with van der Waals surface area (Å²) in [6.45, 7) is 0. The van der Waals surface area contributed by atoms with Crippen LogP contribution in [0.4, 0.5) is 0 Å². The van der Waals surface area contributed by atoms with E-state index in [0.29, 0.717) is 0 Å². The van der Waals surface area contributed by atoms with Gasteiger partial charge in [-0.3, -0.25) is 0 Å². The molecule has 0 bridgehead atoms. The van der Waals surface area contributed by atoms with Crippen molar-refractivity contribution in [2.24, 2.45) is 0 Å². The molecule has 14 aromatic carbocycles. The second kappa shape index (κ2) is 19.9. The van der Waals surface area contributed by atoms with E-state index in [1.54, 1.807) is 0 Å². The lowest BCUT2D eigenvalue weighted by Crippen LogP contribution is -2.74. The molecule has 0 amide bonds. The molecule has 0 nitrogen and oxygen atoms in total. The van der Waals surface area contributed by atoms with Gasteiger partial charge in [0.1, 0.15) is 0 Å². The van der Waals surface area contributed by atoms with Crippen molar-refractivity contribution in [1.82, 2.24) is 0 Å². The van der Waals surface area contributed by atoms with Gasteiger partial charge in [-0.2, -0.15) is 0 Å². The zero-order valence-electron chi connectivity index (χ0n) is 43.2. The van der Waals surface area contributed by atoms with Crippen molar-refractivity contribution in [2.75, 3.05) is 0 Å². The van der Waals surface area contributed by atoms with E-state index in [4.69, 9.17) is 0 Å². The molecule has 0 radical (unpaired) electrons. The van der Waals surface area contributed by atoms with Crippen LogP contribution in [0.5, 0.6) is 0 Å². The minimum absolute atomic E-state index is 1.20. The van der Waals surface area contributed by atoms with Crippen molar-refractivity contribution < 1.29 is 0 Å². The Bertz CT molecular complexity index is 4260. The van der Waals surface area contributed by atoms with Gasteiger partial charge in [0.05, 0.1) is 0 Å². The van der Waals surface area contributed by atoms with Crippen molar-refractivity contribution in [3.05, 3.63) is 328 Å². The standard InChI is InChI=1S/C76H54Si2/c1-8-24-55(25-9-1)60-46-49-73-74(54-60)76(62-43-41-59-53-70(48-45-57(59)51-62)78(66-32-16-5-17-33-66,67-34-18-6-19-35-67)68-36-20-7-21-37-68)72-39-23-22-38-71(72)75(73)61-42-40-58-52-69(47-44-56(58)50-61)77(63-26-10-2-11-27-63,64-28-12-3-13-29-64)65-30-14-4-15-31-65/h1-54H. The van der Waals surface area contributed by atoms with E-state index in [0.717, 1.165) is 0 Å². The lowest BCUT2D eigenvalue weighted by molar-refractivity contribution is 1.64. The predicted molar refractivity (Wildman–Crippen MR) is 340 cm³/mol. The van der Waals surface area contributed by atoms with Gasteiger partial charge in [0, 0.05) is 0 Å². The Kier molecular flexibility index (Phi) is 12.0. The molecule has 78 heavy (non-hydrogen) atoms. The molecule has 0 spiro atoms. The molecule has 0 saturated carbocycles. The minimum Gasteiger partial charge on any atom is -0.0623 e. The molecule has 0 unspecified atom stereocenters. The molecule has 0 aliphatic heterocycles. The molecule has 0 N–H and O–H groups in total. The molecule has 0 aromatic heterocycles. The quantitative estimate of drug-likeness (QED) is 0.0688. The van der Waals surface area contributed by atoms with Crippen LogP contribution in [0.2, 0.25) is 0 Å². The molecule has 0 heterocycles. The van der Waals surface area contributed by atoms with Crippen LogP contribution in [0.1, 0.15) is 0 Å². The largest absolute Gasteiger partial charge is 0.179 e. The monoisotopic (exact) mass is 1020 g/mol. The Balaban J connectivity index is 0.950. The second-order valence-corrected chi connectivity index (χ2v) is 28.3. The maximum Gasteiger partial charge on any atom is 0.179 e. The van der Waals surface area contributed by atoms with Gasteiger partial charge in [0.25, 0.3) is 0 Å². The van der Waals surface area contributed by atoms with Gasteiger partial charge >= 0.3 is 0 Å². The van der Waals surface area contributed by atoms with E-state index in [9.17, 15) is 0 Å². The predicted octanol–water partition coefficient (Wildman–Crippen LogP) is 14.1. The third kappa shape index (κ3) is 7.88. The zero-order valence-corrected chi connectivity index (χ0v) is 45.2. The van der Waals surface area contributed by atoms with Crippen LogP contribution in [0.3, 0.4) is 0 Å². The van der Waals surface area contributed by atoms with Crippen molar-refractivity contribution in [3.8, 4) is 33.4 Å². The van der Waals surface area contributed by atoms with Crippen LogP contribution in [-0.4, -0.2) is 16.1 Å². The number of rotatable bonds is 11. The summed E-state index contributed by atoms with van der Waals surface area (Å²) < 4.78 is 0. The molecule has 2 heteroatoms. The average molecular weight is 1020 g/mol. The lowest BCUT2D eigenvalue weighted by atomic mass is 9.84. The number of hydrogen-bond donors (Lipinski definition) is 0. The minimum atomic E-state index is -2.71. The topological polar surface area (TPSA) is 0 Å². The SMILES string of the molecule is c1ccc(-c2ccc3c(-c4ccc5cc([Si](c6ccccc6)(c6ccccc6)c6ccccc6)ccc5c4)c4ccccc4c(-c4ccc5cc([Si](c6ccccc6)(c6ccccc6)c6ccccc6)ccc5c4)c3c2)cc1. The van der Waals surface area contributed by atoms with Crippen LogP contribution in [0, 0.1) is 0 Å². The molecule has 0 atom stereocenters. The third-order valence-electron chi connectivity index (χ3n) is 16.5. The van der Waals surface area contributed by atoms with Gasteiger partial charge < -0.3 is 0 Å². The Labute approximate surface area is 458 Å². The van der Waals surface area contributed by atoms with Crippen molar-refractivity contribution >= 4 is 101 Å². The Morgan fingerprint density at radius 2 is 0.436 bits per heavy atom. The third-order valence-corrected chi connectivity index (χ3v) is 26.0. The van der Waals surface area contributed by atoms with Gasteiger partial charge in [-0.25, -0.2) is 0 Å². The van der Waals surface area contributed by atoms with E-state index >= 15 is 0 Å². The van der Waals surface area contributed by atoms with Gasteiger partial charge in [-0.1, -0.05) is 309 Å². The summed E-state index contributed by atoms with van der Waals surface area (Å²) in [5.41, 5.74) is 7.34. The van der Waals surface area contributed by atoms with E-state index in [-0.39, 0.29) is 0 Å². The highest BCUT2D eigenvalue weighted by atomic mass is 28.3. The van der Waals surface area contributed by atoms with Crippen LogP contribution < -0.4 is 41.5 Å². The molecule has 14 rings (SSSR count). The van der Waals surface area contributed by atoms with Crippen molar-refractivity contribution in [1.29, 1.82) is 0 Å². The maximum absolute atomic E-state index is 2.71. The Morgan fingerprint density at radius 1 is 0.154 bits per heavy atom. The Morgan fingerprint density at radius 3 is 0.808 bits per heavy atom. The average Bonchev–Trinajstić information content (AvgIpc) is 3.71. The van der Waals surface area contributed by atoms with Crippen LogP contribution in [0.25, 0.3) is 76.5 Å². The zero-order chi connectivity index (χ0) is 51.9. The second-order valence-electron chi connectivity index (χ2n) is 20.7. The fourth-order valence-electron chi connectivity index (χ4n) is 13.0. The summed E-state index contributed by atoms with van der Waals surface area (Å²) >= 11 is 0. The van der Waals surface area contributed by atoms with E-state index < -0.39 is 16.1 Å². The smallest absolute Gasteiger partial charge is 0.0623 e. The lowest BCUT2D eigenvalue weighted by Gasteiger charge is -2.34. The summed E-state index contributed by atoms with van der Waals surface area (Å²) in [5.74, 6) is 0. The molecule has 0 fully saturated rings. The van der Waals surface area contributed by atoms with E-state index in [1.165, 1.54) is 118 Å². The van der Waals surface area contributed by atoms with E-state index in [2.05, 4.69) is 328 Å². The fraction of sp³-hybridized carbons (Fsp3) is 0. The highest BCUT2D eigenvalue weighted by molar-refractivity contribution is 7.20. The van der Waals surface area contributed by atoms with Crippen molar-refractivity contribution in [3.63, 3.8) is 0 Å².